The maximum absolute atomic E-state index is 11.1. The monoisotopic (exact) mass is 315 g/mol. The van der Waals surface area contributed by atoms with Crippen molar-refractivity contribution in [3.05, 3.63) is 22.3 Å². The molecule has 100 valence electrons. The fourth-order valence-electron chi connectivity index (χ4n) is 1.47. The molecule has 1 atom stereocenters. The lowest BCUT2D eigenvalue weighted by Gasteiger charge is -2.18. The number of pyridine rings is 1. The molecular formula is C12H18BrN3O2. The standard InChI is InChI=1S/C12H18BrN3O2/c1-8(4-5-16(2)3)15-11-10(12(17)18)6-9(13)7-14-11/h6-8H,4-5H2,1-3H3,(H,14,15)(H,17,18). The topological polar surface area (TPSA) is 65.5 Å². The van der Waals surface area contributed by atoms with Crippen LogP contribution >= 0.6 is 15.9 Å². The molecule has 0 aliphatic rings. The van der Waals surface area contributed by atoms with E-state index in [0.717, 1.165) is 13.0 Å². The average molecular weight is 316 g/mol. The van der Waals surface area contributed by atoms with Crippen molar-refractivity contribution in [1.82, 2.24) is 9.88 Å². The number of hydrogen-bond donors (Lipinski definition) is 2. The van der Waals surface area contributed by atoms with Crippen LogP contribution in [0.15, 0.2) is 16.7 Å². The third-order valence-electron chi connectivity index (χ3n) is 2.48. The highest BCUT2D eigenvalue weighted by Crippen LogP contribution is 2.19. The van der Waals surface area contributed by atoms with Crippen LogP contribution in [-0.2, 0) is 0 Å². The van der Waals surface area contributed by atoms with E-state index in [1.807, 2.05) is 21.0 Å². The zero-order chi connectivity index (χ0) is 13.7. The molecule has 1 aromatic heterocycles. The van der Waals surface area contributed by atoms with Crippen molar-refractivity contribution in [2.24, 2.45) is 0 Å². The fraction of sp³-hybridized carbons (Fsp3) is 0.500. The Kier molecular flexibility index (Phi) is 5.55. The van der Waals surface area contributed by atoms with E-state index in [1.54, 1.807) is 12.3 Å². The van der Waals surface area contributed by atoms with E-state index in [4.69, 9.17) is 5.11 Å². The lowest BCUT2D eigenvalue weighted by molar-refractivity contribution is 0.0697. The maximum atomic E-state index is 11.1. The number of carboxylic acids is 1. The third-order valence-corrected chi connectivity index (χ3v) is 2.91. The fourth-order valence-corrected chi connectivity index (χ4v) is 1.81. The Balaban J connectivity index is 2.74. The summed E-state index contributed by atoms with van der Waals surface area (Å²) in [6.07, 6.45) is 2.51. The number of halogens is 1. The molecule has 2 N–H and O–H groups in total. The molecule has 0 spiro atoms. The van der Waals surface area contributed by atoms with Crippen molar-refractivity contribution in [2.75, 3.05) is 26.0 Å². The van der Waals surface area contributed by atoms with Crippen molar-refractivity contribution in [3.63, 3.8) is 0 Å². The zero-order valence-electron chi connectivity index (χ0n) is 10.8. The van der Waals surface area contributed by atoms with Gasteiger partial charge in [-0.25, -0.2) is 9.78 Å². The first-order valence-electron chi connectivity index (χ1n) is 5.70. The molecule has 0 saturated heterocycles. The molecule has 18 heavy (non-hydrogen) atoms. The molecule has 0 aliphatic carbocycles. The van der Waals surface area contributed by atoms with Crippen LogP contribution in [0.3, 0.4) is 0 Å². The number of aromatic carboxylic acids is 1. The number of nitrogens with one attached hydrogen (secondary N) is 1. The summed E-state index contributed by atoms with van der Waals surface area (Å²) in [5, 5.41) is 12.2. The maximum Gasteiger partial charge on any atom is 0.339 e. The van der Waals surface area contributed by atoms with Crippen LogP contribution in [-0.4, -0.2) is 47.6 Å². The second-order valence-electron chi connectivity index (χ2n) is 4.49. The van der Waals surface area contributed by atoms with Gasteiger partial charge in [-0.1, -0.05) is 0 Å². The van der Waals surface area contributed by atoms with Gasteiger partial charge in [-0.2, -0.15) is 0 Å². The Bertz CT molecular complexity index is 424. The number of hydrogen-bond acceptors (Lipinski definition) is 4. The van der Waals surface area contributed by atoms with Crippen molar-refractivity contribution in [3.8, 4) is 0 Å². The minimum atomic E-state index is -0.980. The second kappa shape index (κ2) is 6.70. The smallest absolute Gasteiger partial charge is 0.339 e. The number of aromatic nitrogens is 1. The van der Waals surface area contributed by atoms with Crippen molar-refractivity contribution >= 4 is 27.7 Å². The highest BCUT2D eigenvalue weighted by atomic mass is 79.9. The van der Waals surface area contributed by atoms with Crippen LogP contribution in [0, 0.1) is 0 Å². The SMILES string of the molecule is CC(CCN(C)C)Nc1ncc(Br)cc1C(=O)O. The van der Waals surface area contributed by atoms with Crippen LogP contribution in [0.1, 0.15) is 23.7 Å². The Labute approximate surface area is 115 Å². The van der Waals surface area contributed by atoms with E-state index in [-0.39, 0.29) is 11.6 Å². The van der Waals surface area contributed by atoms with Crippen molar-refractivity contribution < 1.29 is 9.90 Å². The van der Waals surface area contributed by atoms with E-state index < -0.39 is 5.97 Å². The van der Waals surface area contributed by atoms with Gasteiger partial charge in [0.2, 0.25) is 0 Å². The summed E-state index contributed by atoms with van der Waals surface area (Å²) in [7, 11) is 4.01. The lowest BCUT2D eigenvalue weighted by atomic mass is 10.2. The summed E-state index contributed by atoms with van der Waals surface area (Å²) in [5.41, 5.74) is 0.182. The van der Waals surface area contributed by atoms with Crippen molar-refractivity contribution in [1.29, 1.82) is 0 Å². The van der Waals surface area contributed by atoms with Crippen LogP contribution in [0.4, 0.5) is 5.82 Å². The van der Waals surface area contributed by atoms with Crippen LogP contribution < -0.4 is 5.32 Å². The Morgan fingerprint density at radius 1 is 1.61 bits per heavy atom. The molecule has 6 heteroatoms. The molecule has 0 bridgehead atoms. The van der Waals surface area contributed by atoms with Gasteiger partial charge in [0.1, 0.15) is 11.4 Å². The quantitative estimate of drug-likeness (QED) is 0.843. The average Bonchev–Trinajstić information content (AvgIpc) is 2.28. The number of carboxylic acid groups (broad SMARTS) is 1. The van der Waals surface area contributed by atoms with Crippen LogP contribution in [0.5, 0.6) is 0 Å². The van der Waals surface area contributed by atoms with Gasteiger partial charge in [0, 0.05) is 16.7 Å². The van der Waals surface area contributed by atoms with Gasteiger partial charge < -0.3 is 15.3 Å². The number of carbonyl (C=O) groups is 1. The largest absolute Gasteiger partial charge is 0.478 e. The van der Waals surface area contributed by atoms with E-state index in [9.17, 15) is 4.79 Å². The second-order valence-corrected chi connectivity index (χ2v) is 5.41. The summed E-state index contributed by atoms with van der Waals surface area (Å²) in [6, 6.07) is 1.72. The van der Waals surface area contributed by atoms with E-state index in [2.05, 4.69) is 31.1 Å². The normalized spacial score (nSPS) is 12.5. The van der Waals surface area contributed by atoms with Gasteiger partial charge in [0.15, 0.2) is 0 Å². The van der Waals surface area contributed by atoms with E-state index in [0.29, 0.717) is 10.3 Å². The van der Waals surface area contributed by atoms with Gasteiger partial charge in [0.05, 0.1) is 0 Å². The molecule has 1 aromatic rings. The van der Waals surface area contributed by atoms with Gasteiger partial charge in [-0.05, 0) is 56.0 Å². The van der Waals surface area contributed by atoms with E-state index >= 15 is 0 Å². The summed E-state index contributed by atoms with van der Waals surface area (Å²) in [5.74, 6) is -0.567. The van der Waals surface area contributed by atoms with E-state index in [1.165, 1.54) is 0 Å². The molecule has 0 aliphatic heterocycles. The third kappa shape index (κ3) is 4.62. The summed E-state index contributed by atoms with van der Waals surface area (Å²) in [6.45, 7) is 2.95. The minimum absolute atomic E-state index is 0.166. The molecular weight excluding hydrogens is 298 g/mol. The first-order chi connectivity index (χ1) is 8.40. The first-order valence-corrected chi connectivity index (χ1v) is 6.49. The molecule has 0 aromatic carbocycles. The predicted molar refractivity (Wildman–Crippen MR) is 75.2 cm³/mol. The Hall–Kier alpha value is -1.14. The summed E-state index contributed by atoms with van der Waals surface area (Å²) in [4.78, 5) is 17.3. The molecule has 0 amide bonds. The molecule has 1 unspecified atom stereocenters. The number of rotatable bonds is 6. The zero-order valence-corrected chi connectivity index (χ0v) is 12.4. The number of nitrogens with zero attached hydrogens (tertiary/aromatic N) is 2. The molecule has 1 heterocycles. The highest BCUT2D eigenvalue weighted by Gasteiger charge is 2.14. The Morgan fingerprint density at radius 3 is 2.83 bits per heavy atom. The molecule has 0 fully saturated rings. The molecule has 0 saturated carbocycles. The molecule has 0 radical (unpaired) electrons. The Morgan fingerprint density at radius 2 is 2.28 bits per heavy atom. The van der Waals surface area contributed by atoms with Crippen molar-refractivity contribution in [2.45, 2.75) is 19.4 Å². The van der Waals surface area contributed by atoms with Gasteiger partial charge in [0.25, 0.3) is 0 Å². The number of anilines is 1. The van der Waals surface area contributed by atoms with Gasteiger partial charge >= 0.3 is 5.97 Å². The summed E-state index contributed by atoms with van der Waals surface area (Å²) >= 11 is 3.22. The highest BCUT2D eigenvalue weighted by molar-refractivity contribution is 9.10. The molecule has 5 nitrogen and oxygen atoms in total. The lowest BCUT2D eigenvalue weighted by Crippen LogP contribution is -2.24. The van der Waals surface area contributed by atoms with Crippen LogP contribution in [0.2, 0.25) is 0 Å². The van der Waals surface area contributed by atoms with Gasteiger partial charge in [-0.3, -0.25) is 0 Å². The van der Waals surface area contributed by atoms with Gasteiger partial charge in [-0.15, -0.1) is 0 Å². The summed E-state index contributed by atoms with van der Waals surface area (Å²) < 4.78 is 0.659. The minimum Gasteiger partial charge on any atom is -0.478 e. The van der Waals surface area contributed by atoms with Crippen LogP contribution in [0.25, 0.3) is 0 Å². The molecule has 1 rings (SSSR count). The predicted octanol–water partition coefficient (Wildman–Crippen LogP) is 2.29. The first kappa shape index (κ1) is 14.9.